The molecule has 3 nitrogen and oxygen atoms in total. The van der Waals surface area contributed by atoms with E-state index >= 15 is 0 Å². The maximum Gasteiger partial charge on any atom is 0.307 e. The maximum atomic E-state index is 11.8. The van der Waals surface area contributed by atoms with E-state index < -0.39 is 0 Å². The number of aryl methyl sites for hydroxylation is 1. The summed E-state index contributed by atoms with van der Waals surface area (Å²) in [5.41, 5.74) is 2.03. The van der Waals surface area contributed by atoms with Gasteiger partial charge in [-0.2, -0.15) is 0 Å². The minimum Gasteiger partial charge on any atom is -0.466 e. The molecule has 1 atom stereocenters. The molecule has 1 aromatic carbocycles. The van der Waals surface area contributed by atoms with E-state index in [-0.39, 0.29) is 11.5 Å². The normalized spacial score (nSPS) is 14.3. The molecule has 0 bridgehead atoms. The van der Waals surface area contributed by atoms with Crippen molar-refractivity contribution in [3.8, 4) is 0 Å². The van der Waals surface area contributed by atoms with E-state index in [0.717, 1.165) is 0 Å². The number of nitrogens with zero attached hydrogens (tertiary/aromatic N) is 1. The summed E-state index contributed by atoms with van der Waals surface area (Å²) in [5, 5.41) is 0. The predicted octanol–water partition coefficient (Wildman–Crippen LogP) is 2.73. The molecule has 0 heterocycles. The molecule has 0 fully saturated rings. The van der Waals surface area contributed by atoms with Crippen molar-refractivity contribution in [3.63, 3.8) is 0 Å². The molecule has 0 radical (unpaired) electrons. The highest BCUT2D eigenvalue weighted by atomic mass is 16.5. The first-order chi connectivity index (χ1) is 8.41. The van der Waals surface area contributed by atoms with E-state index in [1.54, 1.807) is 0 Å². The van der Waals surface area contributed by atoms with Gasteiger partial charge in [0, 0.05) is 0 Å². The van der Waals surface area contributed by atoms with Crippen LogP contribution in [0.3, 0.4) is 0 Å². The zero-order chi connectivity index (χ0) is 13.8. The Morgan fingerprint density at radius 1 is 1.33 bits per heavy atom. The van der Waals surface area contributed by atoms with E-state index in [9.17, 15) is 4.79 Å². The second-order valence-electron chi connectivity index (χ2n) is 4.97. The van der Waals surface area contributed by atoms with E-state index in [4.69, 9.17) is 4.74 Å². The Hall–Kier alpha value is -1.35. The third kappa shape index (κ3) is 3.10. The van der Waals surface area contributed by atoms with Crippen LogP contribution in [0.15, 0.2) is 24.3 Å². The van der Waals surface area contributed by atoms with Gasteiger partial charge in [0.15, 0.2) is 0 Å². The molecule has 0 aliphatic carbocycles. The maximum absolute atomic E-state index is 11.8. The molecule has 1 unspecified atom stereocenters. The molecule has 18 heavy (non-hydrogen) atoms. The Bertz CT molecular complexity index is 415. The van der Waals surface area contributed by atoms with Gasteiger partial charge in [-0.05, 0) is 46.0 Å². The third-order valence-corrected chi connectivity index (χ3v) is 3.51. The fourth-order valence-corrected chi connectivity index (χ4v) is 2.16. The van der Waals surface area contributed by atoms with Gasteiger partial charge in [0.2, 0.25) is 0 Å². The summed E-state index contributed by atoms with van der Waals surface area (Å²) in [4.78, 5) is 13.9. The van der Waals surface area contributed by atoms with Crippen LogP contribution in [0.1, 0.15) is 31.4 Å². The van der Waals surface area contributed by atoms with Crippen LogP contribution >= 0.6 is 0 Å². The van der Waals surface area contributed by atoms with Crippen LogP contribution in [0.2, 0.25) is 0 Å². The molecule has 0 N–H and O–H groups in total. The summed E-state index contributed by atoms with van der Waals surface area (Å²) < 4.78 is 5.08. The van der Waals surface area contributed by atoms with Crippen LogP contribution in [-0.2, 0) is 15.1 Å². The molecule has 0 saturated carbocycles. The summed E-state index contributed by atoms with van der Waals surface area (Å²) in [5.74, 6) is -0.156. The Morgan fingerprint density at radius 2 is 1.94 bits per heavy atom. The van der Waals surface area contributed by atoms with Crippen molar-refractivity contribution in [1.29, 1.82) is 0 Å². The van der Waals surface area contributed by atoms with Crippen LogP contribution in [0, 0.1) is 6.92 Å². The lowest BCUT2D eigenvalue weighted by molar-refractivity contribution is -0.146. The molecule has 0 amide bonds. The highest BCUT2D eigenvalue weighted by Crippen LogP contribution is 2.32. The number of hydrogen-bond acceptors (Lipinski definition) is 3. The smallest absolute Gasteiger partial charge is 0.307 e. The monoisotopic (exact) mass is 249 g/mol. The molecule has 1 aromatic rings. The quantitative estimate of drug-likeness (QED) is 0.751. The minimum atomic E-state index is -0.336. The van der Waals surface area contributed by atoms with Gasteiger partial charge in [-0.1, -0.05) is 24.3 Å². The summed E-state index contributed by atoms with van der Waals surface area (Å²) >= 11 is 0. The van der Waals surface area contributed by atoms with Gasteiger partial charge in [-0.15, -0.1) is 0 Å². The lowest BCUT2D eigenvalue weighted by Gasteiger charge is -2.37. The molecule has 3 heteroatoms. The number of esters is 1. The van der Waals surface area contributed by atoms with E-state index in [0.29, 0.717) is 13.0 Å². The molecular formula is C15H23NO2. The Morgan fingerprint density at radius 3 is 2.44 bits per heavy atom. The van der Waals surface area contributed by atoms with Gasteiger partial charge in [0.25, 0.3) is 0 Å². The van der Waals surface area contributed by atoms with Crippen LogP contribution in [0.25, 0.3) is 0 Å². The third-order valence-electron chi connectivity index (χ3n) is 3.51. The number of carbonyl (C=O) groups excluding carboxylic acids is 1. The highest BCUT2D eigenvalue weighted by Gasteiger charge is 2.33. The zero-order valence-electron chi connectivity index (χ0n) is 12.0. The number of rotatable bonds is 5. The second kappa shape index (κ2) is 6.01. The topological polar surface area (TPSA) is 29.5 Å². The van der Waals surface area contributed by atoms with Gasteiger partial charge >= 0.3 is 5.97 Å². The first-order valence-electron chi connectivity index (χ1n) is 6.31. The minimum absolute atomic E-state index is 0.156. The molecule has 0 aliphatic rings. The van der Waals surface area contributed by atoms with Gasteiger partial charge in [-0.3, -0.25) is 9.69 Å². The highest BCUT2D eigenvalue weighted by molar-refractivity contribution is 5.71. The van der Waals surface area contributed by atoms with E-state index in [1.807, 2.05) is 33.2 Å². The molecule has 0 saturated heterocycles. The van der Waals surface area contributed by atoms with Gasteiger partial charge in [-0.25, -0.2) is 0 Å². The molecule has 100 valence electrons. The molecule has 0 aromatic heterocycles. The van der Waals surface area contributed by atoms with Gasteiger partial charge < -0.3 is 4.74 Å². The molecule has 0 spiro atoms. The number of ether oxygens (including phenoxy) is 1. The average Bonchev–Trinajstić information content (AvgIpc) is 2.29. The first kappa shape index (κ1) is 14.7. The molecular weight excluding hydrogens is 226 g/mol. The number of hydrogen-bond donors (Lipinski definition) is 0. The summed E-state index contributed by atoms with van der Waals surface area (Å²) in [6.45, 7) is 6.41. The summed E-state index contributed by atoms with van der Waals surface area (Å²) in [6.07, 6.45) is 0.360. The lowest BCUT2D eigenvalue weighted by atomic mass is 9.84. The Balaban J connectivity index is 3.08. The summed E-state index contributed by atoms with van der Waals surface area (Å²) in [6, 6.07) is 8.17. The standard InChI is InChI=1S/C15H23NO2/c1-6-18-14(17)11-15(3,16(4)5)13-10-8-7-9-12(13)2/h7-10H,6,11H2,1-5H3. The van der Waals surface area contributed by atoms with Crippen molar-refractivity contribution >= 4 is 5.97 Å². The van der Waals surface area contributed by atoms with Crippen molar-refractivity contribution in [2.45, 2.75) is 32.7 Å². The van der Waals surface area contributed by atoms with Crippen LogP contribution in [0.4, 0.5) is 0 Å². The Labute approximate surface area is 110 Å². The number of carbonyl (C=O) groups is 1. The SMILES string of the molecule is CCOC(=O)CC(C)(c1ccccc1C)N(C)C. The lowest BCUT2D eigenvalue weighted by Crippen LogP contribution is -2.41. The van der Waals surface area contributed by atoms with Crippen molar-refractivity contribution in [3.05, 3.63) is 35.4 Å². The van der Waals surface area contributed by atoms with Crippen LogP contribution in [-0.4, -0.2) is 31.6 Å². The van der Waals surface area contributed by atoms with Crippen molar-refractivity contribution in [2.24, 2.45) is 0 Å². The summed E-state index contributed by atoms with van der Waals surface area (Å²) in [7, 11) is 3.98. The Kier molecular flexibility index (Phi) is 4.91. The van der Waals surface area contributed by atoms with Gasteiger partial charge in [0.05, 0.1) is 18.6 Å². The van der Waals surface area contributed by atoms with Gasteiger partial charge in [0.1, 0.15) is 0 Å². The van der Waals surface area contributed by atoms with Crippen LogP contribution < -0.4 is 0 Å². The van der Waals surface area contributed by atoms with E-state index in [1.165, 1.54) is 11.1 Å². The van der Waals surface area contributed by atoms with Crippen LogP contribution in [0.5, 0.6) is 0 Å². The van der Waals surface area contributed by atoms with Crippen molar-refractivity contribution in [1.82, 2.24) is 4.90 Å². The zero-order valence-corrected chi connectivity index (χ0v) is 12.0. The predicted molar refractivity (Wildman–Crippen MR) is 73.5 cm³/mol. The van der Waals surface area contributed by atoms with E-state index in [2.05, 4.69) is 30.9 Å². The molecule has 0 aliphatic heterocycles. The fraction of sp³-hybridized carbons (Fsp3) is 0.533. The van der Waals surface area contributed by atoms with Crippen molar-refractivity contribution < 1.29 is 9.53 Å². The van der Waals surface area contributed by atoms with Crippen molar-refractivity contribution in [2.75, 3.05) is 20.7 Å². The fourth-order valence-electron chi connectivity index (χ4n) is 2.16. The average molecular weight is 249 g/mol. The molecule has 1 rings (SSSR count). The second-order valence-corrected chi connectivity index (χ2v) is 4.97. The number of benzene rings is 1. The first-order valence-corrected chi connectivity index (χ1v) is 6.31. The largest absolute Gasteiger partial charge is 0.466 e.